The predicted molar refractivity (Wildman–Crippen MR) is 162 cm³/mol. The molecule has 0 N–H and O–H groups in total. The third kappa shape index (κ3) is 5.85. The molecule has 212 valence electrons. The maximum absolute atomic E-state index is 14.4. The maximum atomic E-state index is 14.4. The average Bonchev–Trinajstić information content (AvgIpc) is 3.40. The summed E-state index contributed by atoms with van der Waals surface area (Å²) < 4.78 is 43.6. The van der Waals surface area contributed by atoms with E-state index < -0.39 is 15.8 Å². The summed E-state index contributed by atoms with van der Waals surface area (Å²) in [4.78, 5) is 22.1. The van der Waals surface area contributed by atoms with Gasteiger partial charge in [0.2, 0.25) is 0 Å². The van der Waals surface area contributed by atoms with Crippen molar-refractivity contribution in [1.82, 2.24) is 9.88 Å². The summed E-state index contributed by atoms with van der Waals surface area (Å²) in [6, 6.07) is 18.4. The SMILES string of the molecule is CCN(CC)CCN(C(=O)c1ccc(S(=O)(=O)N2CCCc3ccccc32)cc1)c1nc2c(F)cccc2s1.Cl. The smallest absolute Gasteiger partial charge is 0.264 e. The predicted octanol–water partition coefficient (Wildman–Crippen LogP) is 5.99. The van der Waals surface area contributed by atoms with Crippen LogP contribution in [0.15, 0.2) is 71.6 Å². The molecule has 0 saturated carbocycles. The number of likely N-dealkylation sites (N-methyl/N-ethyl adjacent to an activating group) is 1. The third-order valence-corrected chi connectivity index (χ3v) is 10.00. The highest BCUT2D eigenvalue weighted by molar-refractivity contribution is 7.92. The summed E-state index contributed by atoms with van der Waals surface area (Å²) in [6.45, 7) is 7.18. The number of sulfonamides is 1. The number of para-hydroxylation sites is 2. The van der Waals surface area contributed by atoms with Crippen molar-refractivity contribution in [3.8, 4) is 0 Å². The van der Waals surface area contributed by atoms with E-state index in [1.54, 1.807) is 29.2 Å². The van der Waals surface area contributed by atoms with Crippen molar-refractivity contribution in [2.75, 3.05) is 41.9 Å². The van der Waals surface area contributed by atoms with Crippen LogP contribution in [-0.2, 0) is 16.4 Å². The number of benzene rings is 3. The molecule has 0 spiro atoms. The molecule has 7 nitrogen and oxygen atoms in total. The minimum Gasteiger partial charge on any atom is -0.302 e. The summed E-state index contributed by atoms with van der Waals surface area (Å²) in [5.74, 6) is -0.742. The summed E-state index contributed by atoms with van der Waals surface area (Å²) in [5.41, 5.74) is 2.29. The number of hydrogen-bond donors (Lipinski definition) is 0. The molecule has 0 radical (unpaired) electrons. The first kappa shape index (κ1) is 29.9. The number of carbonyl (C=O) groups excluding carboxylic acids is 1. The van der Waals surface area contributed by atoms with Crippen molar-refractivity contribution in [3.63, 3.8) is 0 Å². The van der Waals surface area contributed by atoms with Crippen LogP contribution in [0.4, 0.5) is 15.2 Å². The molecule has 0 atom stereocenters. The van der Waals surface area contributed by atoms with Gasteiger partial charge in [-0.25, -0.2) is 17.8 Å². The average molecular weight is 603 g/mol. The van der Waals surface area contributed by atoms with E-state index in [-0.39, 0.29) is 28.7 Å². The fourth-order valence-electron chi connectivity index (χ4n) is 4.89. The standard InChI is InChI=1S/C29H31FN4O3S2.ClH/c1-3-32(4-2)19-20-33(29-31-27-24(30)11-7-13-26(27)38-29)28(35)22-14-16-23(17-15-22)39(36,37)34-18-8-10-21-9-5-6-12-25(21)34;/h5-7,9,11-17H,3-4,8,10,18-20H2,1-2H3;1H. The lowest BCUT2D eigenvalue weighted by atomic mass is 10.0. The molecule has 1 amide bonds. The second kappa shape index (κ2) is 12.6. The van der Waals surface area contributed by atoms with Gasteiger partial charge in [0.15, 0.2) is 5.13 Å². The second-order valence-electron chi connectivity index (χ2n) is 9.40. The number of amides is 1. The molecule has 5 rings (SSSR count). The Kier molecular flexibility index (Phi) is 9.45. The first-order valence-electron chi connectivity index (χ1n) is 13.1. The van der Waals surface area contributed by atoms with Crippen LogP contribution >= 0.6 is 23.7 Å². The highest BCUT2D eigenvalue weighted by atomic mass is 35.5. The molecule has 0 aliphatic carbocycles. The highest BCUT2D eigenvalue weighted by Gasteiger charge is 2.29. The van der Waals surface area contributed by atoms with E-state index in [0.29, 0.717) is 40.7 Å². The van der Waals surface area contributed by atoms with Crippen molar-refractivity contribution in [2.24, 2.45) is 0 Å². The zero-order valence-corrected chi connectivity index (χ0v) is 24.9. The van der Waals surface area contributed by atoms with E-state index in [1.165, 1.54) is 33.8 Å². The first-order chi connectivity index (χ1) is 18.8. The molecule has 1 aromatic heterocycles. The number of thiazole rings is 1. The van der Waals surface area contributed by atoms with Gasteiger partial charge in [-0.2, -0.15) is 0 Å². The quantitative estimate of drug-likeness (QED) is 0.235. The van der Waals surface area contributed by atoms with Gasteiger partial charge in [-0.3, -0.25) is 14.0 Å². The zero-order chi connectivity index (χ0) is 27.6. The Labute approximate surface area is 244 Å². The number of halogens is 2. The van der Waals surface area contributed by atoms with Crippen LogP contribution in [0.5, 0.6) is 0 Å². The van der Waals surface area contributed by atoms with Crippen LogP contribution in [0.3, 0.4) is 0 Å². The van der Waals surface area contributed by atoms with Crippen molar-refractivity contribution >= 4 is 60.7 Å². The van der Waals surface area contributed by atoms with Gasteiger partial charge in [-0.15, -0.1) is 12.4 Å². The molecule has 4 aromatic rings. The van der Waals surface area contributed by atoms with Gasteiger partial charge in [-0.05, 0) is 74.0 Å². The van der Waals surface area contributed by atoms with Crippen molar-refractivity contribution in [2.45, 2.75) is 31.6 Å². The Balaban J connectivity index is 0.00000370. The normalized spacial score (nSPS) is 13.2. The fourth-order valence-corrected chi connectivity index (χ4v) is 7.43. The summed E-state index contributed by atoms with van der Waals surface area (Å²) in [6.07, 6.45) is 1.59. The summed E-state index contributed by atoms with van der Waals surface area (Å²) in [5, 5.41) is 0.411. The van der Waals surface area contributed by atoms with Crippen molar-refractivity contribution in [1.29, 1.82) is 0 Å². The lowest BCUT2D eigenvalue weighted by molar-refractivity contribution is 0.0983. The van der Waals surface area contributed by atoms with Gasteiger partial charge in [-0.1, -0.05) is 49.4 Å². The lowest BCUT2D eigenvalue weighted by Gasteiger charge is -2.30. The van der Waals surface area contributed by atoms with Crippen LogP contribution in [0.2, 0.25) is 0 Å². The molecular weight excluding hydrogens is 571 g/mol. The van der Waals surface area contributed by atoms with Crippen LogP contribution in [0, 0.1) is 5.82 Å². The molecule has 1 aliphatic rings. The number of nitrogens with zero attached hydrogens (tertiary/aromatic N) is 4. The zero-order valence-electron chi connectivity index (χ0n) is 22.4. The number of rotatable bonds is 9. The molecule has 0 bridgehead atoms. The number of aryl methyl sites for hydroxylation is 1. The van der Waals surface area contributed by atoms with Gasteiger partial charge < -0.3 is 4.90 Å². The molecule has 11 heteroatoms. The van der Waals surface area contributed by atoms with Gasteiger partial charge >= 0.3 is 0 Å². The van der Waals surface area contributed by atoms with Crippen LogP contribution in [0.25, 0.3) is 10.2 Å². The Morgan fingerprint density at radius 2 is 1.73 bits per heavy atom. The van der Waals surface area contributed by atoms with Crippen LogP contribution in [0.1, 0.15) is 36.2 Å². The Bertz CT molecular complexity index is 1590. The van der Waals surface area contributed by atoms with E-state index >= 15 is 0 Å². The second-order valence-corrected chi connectivity index (χ2v) is 12.3. The number of fused-ring (bicyclic) bond motifs is 2. The number of anilines is 2. The minimum absolute atomic E-state index is 0. The van der Waals surface area contributed by atoms with Crippen LogP contribution < -0.4 is 9.21 Å². The van der Waals surface area contributed by atoms with E-state index in [0.717, 1.165) is 31.5 Å². The summed E-state index contributed by atoms with van der Waals surface area (Å²) in [7, 11) is -3.79. The molecule has 2 heterocycles. The molecule has 1 aliphatic heterocycles. The number of aromatic nitrogens is 1. The molecular formula is C29H32ClFN4O3S2. The molecule has 0 fully saturated rings. The molecule has 0 saturated heterocycles. The van der Waals surface area contributed by atoms with Crippen molar-refractivity contribution < 1.29 is 17.6 Å². The van der Waals surface area contributed by atoms with E-state index in [9.17, 15) is 17.6 Å². The molecule has 0 unspecified atom stereocenters. The highest BCUT2D eigenvalue weighted by Crippen LogP contribution is 2.33. The largest absolute Gasteiger partial charge is 0.302 e. The number of carbonyl (C=O) groups is 1. The topological polar surface area (TPSA) is 73.8 Å². The minimum atomic E-state index is -3.79. The third-order valence-electron chi connectivity index (χ3n) is 7.13. The van der Waals surface area contributed by atoms with E-state index in [2.05, 4.69) is 23.7 Å². The lowest BCUT2D eigenvalue weighted by Crippen LogP contribution is -2.39. The Hall–Kier alpha value is -3.05. The van der Waals surface area contributed by atoms with E-state index in [4.69, 9.17) is 0 Å². The number of hydrogen-bond acceptors (Lipinski definition) is 6. The molecule has 3 aromatic carbocycles. The molecule has 40 heavy (non-hydrogen) atoms. The maximum Gasteiger partial charge on any atom is 0.264 e. The Morgan fingerprint density at radius 3 is 2.42 bits per heavy atom. The fraction of sp³-hybridized carbons (Fsp3) is 0.310. The van der Waals surface area contributed by atoms with E-state index in [1.807, 2.05) is 24.3 Å². The van der Waals surface area contributed by atoms with Gasteiger partial charge in [0, 0.05) is 25.2 Å². The summed E-state index contributed by atoms with van der Waals surface area (Å²) >= 11 is 1.26. The Morgan fingerprint density at radius 1 is 1.00 bits per heavy atom. The van der Waals surface area contributed by atoms with Gasteiger partial charge in [0.05, 0.1) is 15.3 Å². The van der Waals surface area contributed by atoms with Gasteiger partial charge in [0.1, 0.15) is 11.3 Å². The van der Waals surface area contributed by atoms with Crippen molar-refractivity contribution in [3.05, 3.63) is 83.7 Å². The van der Waals surface area contributed by atoms with Gasteiger partial charge in [0.25, 0.3) is 15.9 Å². The first-order valence-corrected chi connectivity index (χ1v) is 15.4. The van der Waals surface area contributed by atoms with Crippen LogP contribution in [-0.4, -0.2) is 56.9 Å². The monoisotopic (exact) mass is 602 g/mol.